The van der Waals surface area contributed by atoms with Crippen LogP contribution in [0.15, 0.2) is 0 Å². The smallest absolute Gasteiger partial charge is 0.224 e. The number of nitrogens with two attached hydrogens (primary N) is 2. The summed E-state index contributed by atoms with van der Waals surface area (Å²) in [5, 5.41) is 2.81. The Morgan fingerprint density at radius 3 is 1.93 bits per heavy atom. The highest BCUT2D eigenvalue weighted by molar-refractivity contribution is 5.93. The number of hydrogen-bond acceptors (Lipinski definition) is 5. The molecule has 0 saturated heterocycles. The van der Waals surface area contributed by atoms with E-state index in [0.717, 1.165) is 6.42 Å². The van der Waals surface area contributed by atoms with Gasteiger partial charge in [-0.3, -0.25) is 19.2 Å². The van der Waals surface area contributed by atoms with Crippen molar-refractivity contribution in [1.29, 1.82) is 0 Å². The number of unbranched alkanes of at least 4 members (excludes halogenated alkanes) is 1. The van der Waals surface area contributed by atoms with Crippen LogP contribution in [0.25, 0.3) is 0 Å². The van der Waals surface area contributed by atoms with Crippen LogP contribution in [-0.4, -0.2) is 36.0 Å². The van der Waals surface area contributed by atoms with E-state index in [2.05, 4.69) is 5.32 Å². The van der Waals surface area contributed by atoms with E-state index in [9.17, 15) is 19.2 Å². The summed E-state index contributed by atoms with van der Waals surface area (Å²) >= 11 is 0. The average Bonchev–Trinajstić information content (AvgIpc) is 2.57. The van der Waals surface area contributed by atoms with Crippen molar-refractivity contribution in [2.24, 2.45) is 35.1 Å². The molecule has 3 atom stereocenters. The average molecular weight is 384 g/mol. The minimum absolute atomic E-state index is 0.0137. The number of amides is 2. The molecule has 0 radical (unpaired) electrons. The lowest BCUT2D eigenvalue weighted by Gasteiger charge is -2.25. The summed E-state index contributed by atoms with van der Waals surface area (Å²) in [5.41, 5.74) is 10.8. The first-order valence-corrected chi connectivity index (χ1v) is 9.86. The molecule has 0 aliphatic heterocycles. The monoisotopic (exact) mass is 383 g/mol. The molecule has 0 saturated carbocycles. The zero-order valence-corrected chi connectivity index (χ0v) is 17.4. The van der Waals surface area contributed by atoms with Crippen LogP contribution >= 0.6 is 0 Å². The second kappa shape index (κ2) is 12.6. The number of carbonyl (C=O) groups excluding carboxylic acids is 4. The fourth-order valence-corrected chi connectivity index (χ4v) is 2.71. The van der Waals surface area contributed by atoms with Gasteiger partial charge in [0.05, 0.1) is 6.04 Å². The highest BCUT2D eigenvalue weighted by Gasteiger charge is 2.30. The number of Topliss-reactive ketones (excluding diaryl/α,β-unsaturated/α-hetero) is 2. The number of hydrogen-bond donors (Lipinski definition) is 3. The molecule has 7 heteroatoms. The zero-order valence-electron chi connectivity index (χ0n) is 17.4. The molecule has 0 spiro atoms. The third kappa shape index (κ3) is 9.65. The van der Waals surface area contributed by atoms with E-state index in [4.69, 9.17) is 11.5 Å². The van der Waals surface area contributed by atoms with E-state index in [1.807, 2.05) is 27.7 Å². The maximum Gasteiger partial charge on any atom is 0.224 e. The molecule has 7 nitrogen and oxygen atoms in total. The van der Waals surface area contributed by atoms with Gasteiger partial charge in [-0.05, 0) is 31.7 Å². The zero-order chi connectivity index (χ0) is 21.1. The molecule has 0 unspecified atom stereocenters. The number of nitrogens with one attached hydrogen (secondary N) is 1. The maximum atomic E-state index is 12.8. The highest BCUT2D eigenvalue weighted by atomic mass is 16.2. The first kappa shape index (κ1) is 25.2. The molecule has 156 valence electrons. The summed E-state index contributed by atoms with van der Waals surface area (Å²) in [6, 6.07) is -0.693. The van der Waals surface area contributed by atoms with Crippen LogP contribution in [0.2, 0.25) is 0 Å². The van der Waals surface area contributed by atoms with Gasteiger partial charge in [0.2, 0.25) is 11.8 Å². The molecule has 0 heterocycles. The maximum absolute atomic E-state index is 12.8. The van der Waals surface area contributed by atoms with Crippen molar-refractivity contribution in [3.05, 3.63) is 0 Å². The van der Waals surface area contributed by atoms with Gasteiger partial charge in [0.15, 0.2) is 5.78 Å². The van der Waals surface area contributed by atoms with E-state index in [-0.39, 0.29) is 42.2 Å². The van der Waals surface area contributed by atoms with Crippen molar-refractivity contribution in [3.8, 4) is 0 Å². The Morgan fingerprint density at radius 1 is 0.889 bits per heavy atom. The van der Waals surface area contributed by atoms with Gasteiger partial charge in [-0.1, -0.05) is 34.6 Å². The third-order valence-electron chi connectivity index (χ3n) is 4.85. The molecule has 0 aliphatic carbocycles. The molecule has 0 aromatic heterocycles. The standard InChI is InChI=1S/C20H37N3O4/c1-12(2)15(11-17(24)13(3)4)20(27)23-16(8-6-7-9-21)18(25)10-14(5)19(22)26/h12-16H,6-11,21H2,1-5H3,(H2,22,26)(H,23,27)/t14-,15+,16+/m1/s1. The van der Waals surface area contributed by atoms with Crippen molar-refractivity contribution in [1.82, 2.24) is 5.32 Å². The molecular formula is C20H37N3O4. The van der Waals surface area contributed by atoms with Crippen LogP contribution in [-0.2, 0) is 19.2 Å². The van der Waals surface area contributed by atoms with Crippen LogP contribution in [0.1, 0.15) is 66.7 Å². The molecule has 0 aromatic rings. The molecule has 2 amide bonds. The van der Waals surface area contributed by atoms with E-state index < -0.39 is 23.8 Å². The van der Waals surface area contributed by atoms with Crippen LogP contribution in [0.5, 0.6) is 0 Å². The van der Waals surface area contributed by atoms with Crippen molar-refractivity contribution < 1.29 is 19.2 Å². The molecule has 27 heavy (non-hydrogen) atoms. The lowest BCUT2D eigenvalue weighted by atomic mass is 9.86. The van der Waals surface area contributed by atoms with E-state index in [1.165, 1.54) is 0 Å². The lowest BCUT2D eigenvalue weighted by Crippen LogP contribution is -2.46. The third-order valence-corrected chi connectivity index (χ3v) is 4.85. The lowest BCUT2D eigenvalue weighted by molar-refractivity contribution is -0.135. The molecule has 0 rings (SSSR count). The summed E-state index contributed by atoms with van der Waals surface area (Å²) in [6.07, 6.45) is 2.03. The molecule has 5 N–H and O–H groups in total. The van der Waals surface area contributed by atoms with Crippen LogP contribution in [0.4, 0.5) is 0 Å². The van der Waals surface area contributed by atoms with E-state index >= 15 is 0 Å². The summed E-state index contributed by atoms with van der Waals surface area (Å²) in [6.45, 7) is 9.49. The molecule has 0 fully saturated rings. The van der Waals surface area contributed by atoms with Crippen LogP contribution in [0, 0.1) is 23.7 Å². The van der Waals surface area contributed by atoms with Crippen LogP contribution in [0.3, 0.4) is 0 Å². The van der Waals surface area contributed by atoms with E-state index in [1.54, 1.807) is 6.92 Å². The van der Waals surface area contributed by atoms with Crippen molar-refractivity contribution in [2.75, 3.05) is 6.54 Å². The van der Waals surface area contributed by atoms with Gasteiger partial charge >= 0.3 is 0 Å². The molecule has 0 aliphatic rings. The number of ketones is 2. The summed E-state index contributed by atoms with van der Waals surface area (Å²) in [5.74, 6) is -2.28. The Kier molecular flexibility index (Phi) is 11.8. The van der Waals surface area contributed by atoms with Crippen molar-refractivity contribution in [2.45, 2.75) is 72.8 Å². The Morgan fingerprint density at radius 2 is 1.48 bits per heavy atom. The Balaban J connectivity index is 5.18. The van der Waals surface area contributed by atoms with Gasteiger partial charge in [-0.15, -0.1) is 0 Å². The van der Waals surface area contributed by atoms with Crippen LogP contribution < -0.4 is 16.8 Å². The van der Waals surface area contributed by atoms with Gasteiger partial charge in [0.1, 0.15) is 5.78 Å². The predicted molar refractivity (Wildman–Crippen MR) is 106 cm³/mol. The predicted octanol–water partition coefficient (Wildman–Crippen LogP) is 1.57. The topological polar surface area (TPSA) is 132 Å². The molecular weight excluding hydrogens is 346 g/mol. The SMILES string of the molecule is CC(C)C(=O)C[C@H](C(=O)N[C@@H](CCCCN)C(=O)C[C@@H](C)C(N)=O)C(C)C. The van der Waals surface area contributed by atoms with Gasteiger partial charge in [0.25, 0.3) is 0 Å². The largest absolute Gasteiger partial charge is 0.369 e. The summed E-state index contributed by atoms with van der Waals surface area (Å²) in [4.78, 5) is 48.7. The van der Waals surface area contributed by atoms with E-state index in [0.29, 0.717) is 19.4 Å². The quantitative estimate of drug-likeness (QED) is 0.392. The molecule has 0 aromatic carbocycles. The van der Waals surface area contributed by atoms with Gasteiger partial charge in [-0.2, -0.15) is 0 Å². The number of rotatable bonds is 14. The first-order chi connectivity index (χ1) is 12.5. The minimum atomic E-state index is -0.693. The molecule has 0 bridgehead atoms. The summed E-state index contributed by atoms with van der Waals surface area (Å²) < 4.78 is 0. The fourth-order valence-electron chi connectivity index (χ4n) is 2.71. The Labute approximate surface area is 163 Å². The fraction of sp³-hybridized carbons (Fsp3) is 0.800. The van der Waals surface area contributed by atoms with Gasteiger partial charge in [-0.25, -0.2) is 0 Å². The second-order valence-electron chi connectivity index (χ2n) is 8.00. The summed E-state index contributed by atoms with van der Waals surface area (Å²) in [7, 11) is 0. The number of carbonyl (C=O) groups is 4. The highest BCUT2D eigenvalue weighted by Crippen LogP contribution is 2.19. The Hall–Kier alpha value is -1.76. The normalized spacial score (nSPS) is 14.7. The van der Waals surface area contributed by atoms with Crippen molar-refractivity contribution >= 4 is 23.4 Å². The first-order valence-electron chi connectivity index (χ1n) is 9.86. The number of primary amides is 1. The van der Waals surface area contributed by atoms with Gasteiger partial charge < -0.3 is 16.8 Å². The van der Waals surface area contributed by atoms with Crippen molar-refractivity contribution in [3.63, 3.8) is 0 Å². The Bertz CT molecular complexity index is 517. The van der Waals surface area contributed by atoms with Gasteiger partial charge in [0, 0.05) is 30.6 Å². The second-order valence-corrected chi connectivity index (χ2v) is 8.00. The minimum Gasteiger partial charge on any atom is -0.369 e.